The van der Waals surface area contributed by atoms with E-state index < -0.39 is 0 Å². The molecule has 3 nitrogen and oxygen atoms in total. The molecule has 20 heavy (non-hydrogen) atoms. The molecule has 1 saturated heterocycles. The van der Waals surface area contributed by atoms with Crippen LogP contribution < -0.4 is 14.8 Å². The van der Waals surface area contributed by atoms with Crippen molar-refractivity contribution in [3.05, 3.63) is 30.4 Å². The first-order valence-corrected chi connectivity index (χ1v) is 7.99. The molecule has 2 rings (SSSR count). The quantitative estimate of drug-likeness (QED) is 0.617. The Bertz CT molecular complexity index is 456. The summed E-state index contributed by atoms with van der Waals surface area (Å²) in [6, 6.07) is 4.75. The lowest BCUT2D eigenvalue weighted by Crippen LogP contribution is -2.23. The van der Waals surface area contributed by atoms with E-state index in [0.29, 0.717) is 6.04 Å². The summed E-state index contributed by atoms with van der Waals surface area (Å²) in [5.74, 6) is 2.74. The second-order valence-electron chi connectivity index (χ2n) is 4.91. The SMILES string of the molecule is C=CCSc1cc(OC)c(CC2CCCN2)cc1OC. The average molecular weight is 293 g/mol. The van der Waals surface area contributed by atoms with Gasteiger partial charge in [-0.15, -0.1) is 18.3 Å². The molecule has 0 radical (unpaired) electrons. The van der Waals surface area contributed by atoms with Gasteiger partial charge in [0.15, 0.2) is 0 Å². The summed E-state index contributed by atoms with van der Waals surface area (Å²) in [6.45, 7) is 4.88. The van der Waals surface area contributed by atoms with Crippen molar-refractivity contribution in [1.82, 2.24) is 5.32 Å². The summed E-state index contributed by atoms with van der Waals surface area (Å²) >= 11 is 1.71. The molecule has 1 aromatic rings. The highest BCUT2D eigenvalue weighted by Crippen LogP contribution is 2.36. The number of ether oxygens (including phenoxy) is 2. The van der Waals surface area contributed by atoms with Gasteiger partial charge in [0, 0.05) is 11.8 Å². The zero-order valence-electron chi connectivity index (χ0n) is 12.3. The van der Waals surface area contributed by atoms with Gasteiger partial charge in [-0.3, -0.25) is 0 Å². The maximum atomic E-state index is 5.55. The van der Waals surface area contributed by atoms with E-state index in [2.05, 4.69) is 24.0 Å². The van der Waals surface area contributed by atoms with Crippen LogP contribution in [0.5, 0.6) is 11.5 Å². The largest absolute Gasteiger partial charge is 0.496 e. The summed E-state index contributed by atoms with van der Waals surface area (Å²) in [4.78, 5) is 1.10. The second kappa shape index (κ2) is 7.60. The van der Waals surface area contributed by atoms with Gasteiger partial charge in [-0.05, 0) is 43.5 Å². The van der Waals surface area contributed by atoms with Crippen molar-refractivity contribution in [2.75, 3.05) is 26.5 Å². The van der Waals surface area contributed by atoms with Gasteiger partial charge in [0.05, 0.1) is 19.1 Å². The molecule has 1 N–H and O–H groups in total. The molecule has 0 saturated carbocycles. The molecular formula is C16H23NO2S. The Morgan fingerprint density at radius 3 is 2.75 bits per heavy atom. The zero-order valence-corrected chi connectivity index (χ0v) is 13.1. The van der Waals surface area contributed by atoms with Crippen molar-refractivity contribution >= 4 is 11.8 Å². The van der Waals surface area contributed by atoms with Gasteiger partial charge < -0.3 is 14.8 Å². The number of hydrogen-bond donors (Lipinski definition) is 1. The van der Waals surface area contributed by atoms with E-state index in [-0.39, 0.29) is 0 Å². The third-order valence-electron chi connectivity index (χ3n) is 3.55. The van der Waals surface area contributed by atoms with Crippen molar-refractivity contribution in [3.8, 4) is 11.5 Å². The number of benzene rings is 1. The van der Waals surface area contributed by atoms with Crippen LogP contribution in [-0.4, -0.2) is 32.6 Å². The maximum Gasteiger partial charge on any atom is 0.132 e. The lowest BCUT2D eigenvalue weighted by Gasteiger charge is -2.17. The molecule has 1 fully saturated rings. The Kier molecular flexibility index (Phi) is 5.80. The summed E-state index contributed by atoms with van der Waals surface area (Å²) in [5.41, 5.74) is 1.21. The third kappa shape index (κ3) is 3.70. The summed E-state index contributed by atoms with van der Waals surface area (Å²) in [7, 11) is 3.45. The minimum atomic E-state index is 0.556. The van der Waals surface area contributed by atoms with Crippen LogP contribution >= 0.6 is 11.8 Å². The first-order chi connectivity index (χ1) is 9.78. The molecule has 1 aliphatic heterocycles. The van der Waals surface area contributed by atoms with E-state index in [0.717, 1.165) is 35.1 Å². The topological polar surface area (TPSA) is 30.5 Å². The van der Waals surface area contributed by atoms with Crippen LogP contribution in [-0.2, 0) is 6.42 Å². The van der Waals surface area contributed by atoms with Crippen LogP contribution in [0.1, 0.15) is 18.4 Å². The predicted octanol–water partition coefficient (Wildman–Crippen LogP) is 3.28. The Morgan fingerprint density at radius 1 is 1.35 bits per heavy atom. The molecule has 0 amide bonds. The second-order valence-corrected chi connectivity index (χ2v) is 5.97. The van der Waals surface area contributed by atoms with Crippen LogP contribution in [0.3, 0.4) is 0 Å². The fourth-order valence-electron chi connectivity index (χ4n) is 2.55. The van der Waals surface area contributed by atoms with Crippen LogP contribution in [0.25, 0.3) is 0 Å². The lowest BCUT2D eigenvalue weighted by molar-refractivity contribution is 0.388. The summed E-state index contributed by atoms with van der Waals surface area (Å²) in [6.07, 6.45) is 5.38. The van der Waals surface area contributed by atoms with E-state index >= 15 is 0 Å². The molecule has 0 bridgehead atoms. The van der Waals surface area contributed by atoms with E-state index in [1.807, 2.05) is 6.08 Å². The first-order valence-electron chi connectivity index (χ1n) is 7.00. The highest BCUT2D eigenvalue weighted by atomic mass is 32.2. The summed E-state index contributed by atoms with van der Waals surface area (Å²) < 4.78 is 11.1. The molecular weight excluding hydrogens is 270 g/mol. The number of rotatable bonds is 7. The Morgan fingerprint density at radius 2 is 2.15 bits per heavy atom. The Labute approximate surface area is 125 Å². The molecule has 110 valence electrons. The molecule has 0 aliphatic carbocycles. The van der Waals surface area contributed by atoms with Gasteiger partial charge in [0.25, 0.3) is 0 Å². The number of nitrogens with one attached hydrogen (secondary N) is 1. The van der Waals surface area contributed by atoms with Crippen molar-refractivity contribution in [2.45, 2.75) is 30.2 Å². The van der Waals surface area contributed by atoms with E-state index in [4.69, 9.17) is 9.47 Å². The third-order valence-corrected chi connectivity index (χ3v) is 4.58. The van der Waals surface area contributed by atoms with Gasteiger partial charge in [-0.25, -0.2) is 0 Å². The molecule has 1 heterocycles. The highest BCUT2D eigenvalue weighted by molar-refractivity contribution is 7.99. The molecule has 1 aliphatic rings. The fraction of sp³-hybridized carbons (Fsp3) is 0.500. The van der Waals surface area contributed by atoms with Gasteiger partial charge >= 0.3 is 0 Å². The van der Waals surface area contributed by atoms with Crippen LogP contribution in [0.15, 0.2) is 29.7 Å². The summed E-state index contributed by atoms with van der Waals surface area (Å²) in [5, 5.41) is 3.53. The van der Waals surface area contributed by atoms with Crippen molar-refractivity contribution in [1.29, 1.82) is 0 Å². The average Bonchev–Trinajstić information content (AvgIpc) is 2.98. The number of methoxy groups -OCH3 is 2. The van der Waals surface area contributed by atoms with Crippen molar-refractivity contribution < 1.29 is 9.47 Å². The monoisotopic (exact) mass is 293 g/mol. The molecule has 1 aromatic carbocycles. The van der Waals surface area contributed by atoms with Gasteiger partial charge in [-0.2, -0.15) is 0 Å². The number of hydrogen-bond acceptors (Lipinski definition) is 4. The highest BCUT2D eigenvalue weighted by Gasteiger charge is 2.18. The van der Waals surface area contributed by atoms with Gasteiger partial charge in [-0.1, -0.05) is 6.08 Å². The zero-order chi connectivity index (χ0) is 14.4. The fourth-order valence-corrected chi connectivity index (χ4v) is 3.32. The van der Waals surface area contributed by atoms with Crippen molar-refractivity contribution in [3.63, 3.8) is 0 Å². The molecule has 1 atom stereocenters. The van der Waals surface area contributed by atoms with Gasteiger partial charge in [0.1, 0.15) is 11.5 Å². The lowest BCUT2D eigenvalue weighted by atomic mass is 10.0. The van der Waals surface area contributed by atoms with Crippen LogP contribution in [0.4, 0.5) is 0 Å². The molecule has 1 unspecified atom stereocenters. The molecule has 0 aromatic heterocycles. The maximum absolute atomic E-state index is 5.55. The molecule has 0 spiro atoms. The Hall–Kier alpha value is -1.13. The minimum Gasteiger partial charge on any atom is -0.496 e. The van der Waals surface area contributed by atoms with Crippen LogP contribution in [0.2, 0.25) is 0 Å². The standard InChI is InChI=1S/C16H23NO2S/c1-4-8-20-16-11-14(18-2)12(10-15(16)19-3)9-13-6-5-7-17-13/h4,10-11,13,17H,1,5-9H2,2-3H3. The Balaban J connectivity index is 2.23. The smallest absolute Gasteiger partial charge is 0.132 e. The van der Waals surface area contributed by atoms with E-state index in [1.165, 1.54) is 18.4 Å². The molecule has 4 heteroatoms. The first kappa shape index (κ1) is 15.3. The normalized spacial score (nSPS) is 18.0. The van der Waals surface area contributed by atoms with Crippen molar-refractivity contribution in [2.24, 2.45) is 0 Å². The minimum absolute atomic E-state index is 0.556. The van der Waals surface area contributed by atoms with Gasteiger partial charge in [0.2, 0.25) is 0 Å². The van der Waals surface area contributed by atoms with Crippen LogP contribution in [0, 0.1) is 0 Å². The van der Waals surface area contributed by atoms with E-state index in [9.17, 15) is 0 Å². The predicted molar refractivity (Wildman–Crippen MR) is 85.2 cm³/mol. The number of thioether (sulfide) groups is 1. The van der Waals surface area contributed by atoms with E-state index in [1.54, 1.807) is 26.0 Å².